The molecular weight excluding hydrogens is 320 g/mol. The second-order valence-electron chi connectivity index (χ2n) is 5.58. The zero-order valence-corrected chi connectivity index (χ0v) is 14.3. The summed E-state index contributed by atoms with van der Waals surface area (Å²) in [5.74, 6) is 0. The molecule has 0 N–H and O–H groups in total. The third-order valence-electron chi connectivity index (χ3n) is 3.87. The Bertz CT molecular complexity index is 896. The number of allylic oxidation sites excluding steroid dienone is 1. The van der Waals surface area contributed by atoms with Gasteiger partial charge in [-0.25, -0.2) is 4.68 Å². The minimum absolute atomic E-state index is 0.288. The number of nitrogens with zero attached hydrogens (tertiary/aromatic N) is 2. The highest BCUT2D eigenvalue weighted by atomic mass is 35.5. The molecule has 0 spiro atoms. The summed E-state index contributed by atoms with van der Waals surface area (Å²) in [7, 11) is 0. The topological polar surface area (TPSA) is 34.9 Å². The molecule has 4 heteroatoms. The molecule has 0 saturated carbocycles. The van der Waals surface area contributed by atoms with Gasteiger partial charge < -0.3 is 0 Å². The predicted molar refractivity (Wildman–Crippen MR) is 98.5 cm³/mol. The number of hydrogen-bond acceptors (Lipinski definition) is 2. The number of para-hydroxylation sites is 1. The van der Waals surface area contributed by atoms with Crippen LogP contribution in [-0.4, -0.2) is 15.0 Å². The predicted octanol–water partition coefficient (Wildman–Crippen LogP) is 5.12. The van der Waals surface area contributed by atoms with Crippen LogP contribution in [-0.2, 0) is 0 Å². The van der Waals surface area contributed by atoms with Crippen LogP contribution in [0, 0.1) is 6.92 Å². The van der Waals surface area contributed by atoms with Crippen molar-refractivity contribution in [3.63, 3.8) is 0 Å². The van der Waals surface area contributed by atoms with Crippen molar-refractivity contribution in [3.05, 3.63) is 83.2 Å². The Balaban J connectivity index is 2.19. The second-order valence-corrected chi connectivity index (χ2v) is 5.92. The van der Waals surface area contributed by atoms with E-state index in [1.165, 1.54) is 0 Å². The molecule has 120 valence electrons. The van der Waals surface area contributed by atoms with Gasteiger partial charge in [0.2, 0.25) is 0 Å². The number of benzene rings is 2. The van der Waals surface area contributed by atoms with E-state index in [-0.39, 0.29) is 5.69 Å². The molecule has 0 unspecified atom stereocenters. The van der Waals surface area contributed by atoms with Gasteiger partial charge in [0.05, 0.1) is 11.4 Å². The first kappa shape index (κ1) is 16.2. The smallest absolute Gasteiger partial charge is 0.273 e. The monoisotopic (exact) mass is 336 g/mol. The molecule has 3 rings (SSSR count). The molecule has 0 fully saturated rings. The summed E-state index contributed by atoms with van der Waals surface area (Å²) in [5, 5.41) is 3.89. The van der Waals surface area contributed by atoms with Crippen LogP contribution < -0.4 is 0 Å². The molecule has 0 aliphatic rings. The van der Waals surface area contributed by atoms with E-state index < -0.39 is 5.24 Å². The Hall–Kier alpha value is -2.65. The van der Waals surface area contributed by atoms with Crippen LogP contribution >= 0.6 is 11.6 Å². The Morgan fingerprint density at radius 3 is 2.21 bits per heavy atom. The molecule has 3 aromatic rings. The average Bonchev–Trinajstić information content (AvgIpc) is 2.94. The standard InChI is InChI=1S/C20H17ClN2O/c1-14(13-16-9-5-3-6-10-16)19-15(2)18(20(21)24)22-23(19)17-11-7-4-8-12-17/h3-13H,1-2H3/b14-13+. The molecule has 0 aliphatic heterocycles. The van der Waals surface area contributed by atoms with Gasteiger partial charge >= 0.3 is 0 Å². The molecule has 0 atom stereocenters. The van der Waals surface area contributed by atoms with Crippen LogP contribution in [0.4, 0.5) is 0 Å². The highest BCUT2D eigenvalue weighted by Crippen LogP contribution is 2.27. The number of rotatable bonds is 4. The fraction of sp³-hybridized carbons (Fsp3) is 0.100. The third-order valence-corrected chi connectivity index (χ3v) is 4.04. The highest BCUT2D eigenvalue weighted by molar-refractivity contribution is 6.67. The van der Waals surface area contributed by atoms with Gasteiger partial charge in [0, 0.05) is 5.56 Å². The summed E-state index contributed by atoms with van der Waals surface area (Å²) >= 11 is 5.71. The number of carbonyl (C=O) groups excluding carboxylic acids is 1. The molecule has 0 saturated heterocycles. The molecule has 3 nitrogen and oxygen atoms in total. The first-order valence-corrected chi connectivity index (χ1v) is 8.04. The summed E-state index contributed by atoms with van der Waals surface area (Å²) in [6.07, 6.45) is 2.08. The fourth-order valence-electron chi connectivity index (χ4n) is 2.77. The van der Waals surface area contributed by atoms with E-state index in [1.54, 1.807) is 4.68 Å². The van der Waals surface area contributed by atoms with E-state index in [4.69, 9.17) is 11.6 Å². The summed E-state index contributed by atoms with van der Waals surface area (Å²) in [6.45, 7) is 3.89. The average molecular weight is 337 g/mol. The van der Waals surface area contributed by atoms with Gasteiger partial charge in [0.25, 0.3) is 5.24 Å². The van der Waals surface area contributed by atoms with E-state index >= 15 is 0 Å². The molecule has 0 bridgehead atoms. The number of aromatic nitrogens is 2. The van der Waals surface area contributed by atoms with Crippen molar-refractivity contribution < 1.29 is 4.79 Å². The van der Waals surface area contributed by atoms with Crippen LogP contribution in [0.1, 0.15) is 34.2 Å². The van der Waals surface area contributed by atoms with Gasteiger partial charge in [-0.15, -0.1) is 0 Å². The van der Waals surface area contributed by atoms with Crippen molar-refractivity contribution in [3.8, 4) is 5.69 Å². The van der Waals surface area contributed by atoms with Crippen LogP contribution in [0.15, 0.2) is 60.7 Å². The second kappa shape index (κ2) is 6.85. The van der Waals surface area contributed by atoms with Crippen molar-refractivity contribution in [2.24, 2.45) is 0 Å². The Labute approximate surface area is 146 Å². The van der Waals surface area contributed by atoms with Gasteiger partial charge in [-0.1, -0.05) is 48.5 Å². The van der Waals surface area contributed by atoms with Crippen molar-refractivity contribution in [1.82, 2.24) is 9.78 Å². The maximum Gasteiger partial charge on any atom is 0.273 e. The van der Waals surface area contributed by atoms with E-state index in [9.17, 15) is 4.79 Å². The number of halogens is 1. The lowest BCUT2D eigenvalue weighted by Crippen LogP contribution is -2.01. The quantitative estimate of drug-likeness (QED) is 0.620. The van der Waals surface area contributed by atoms with E-state index in [0.717, 1.165) is 28.1 Å². The SMILES string of the molecule is C/C(=C\c1ccccc1)c1c(C)c(C(=O)Cl)nn1-c1ccccc1. The largest absolute Gasteiger partial charge is 0.274 e. The molecule has 0 radical (unpaired) electrons. The maximum absolute atomic E-state index is 11.7. The molecular formula is C20H17ClN2O. The van der Waals surface area contributed by atoms with Gasteiger partial charge in [0.15, 0.2) is 0 Å². The molecule has 24 heavy (non-hydrogen) atoms. The molecule has 1 aromatic heterocycles. The minimum Gasteiger partial charge on any atom is -0.274 e. The highest BCUT2D eigenvalue weighted by Gasteiger charge is 2.20. The summed E-state index contributed by atoms with van der Waals surface area (Å²) in [5.41, 5.74) is 4.95. The summed E-state index contributed by atoms with van der Waals surface area (Å²) in [4.78, 5) is 11.7. The molecule has 0 aliphatic carbocycles. The third kappa shape index (κ3) is 3.17. The van der Waals surface area contributed by atoms with E-state index in [1.807, 2.05) is 74.5 Å². The first-order valence-electron chi connectivity index (χ1n) is 7.66. The Morgan fingerprint density at radius 2 is 1.62 bits per heavy atom. The lowest BCUT2D eigenvalue weighted by Gasteiger charge is -2.09. The summed E-state index contributed by atoms with van der Waals surface area (Å²) in [6, 6.07) is 19.8. The van der Waals surface area contributed by atoms with Crippen molar-refractivity contribution in [2.45, 2.75) is 13.8 Å². The Morgan fingerprint density at radius 1 is 1.04 bits per heavy atom. The fourth-order valence-corrected chi connectivity index (χ4v) is 2.95. The summed E-state index contributed by atoms with van der Waals surface area (Å²) < 4.78 is 1.78. The van der Waals surface area contributed by atoms with Gasteiger partial charge in [-0.05, 0) is 54.8 Å². The minimum atomic E-state index is -0.545. The maximum atomic E-state index is 11.7. The zero-order valence-electron chi connectivity index (χ0n) is 13.5. The van der Waals surface area contributed by atoms with Gasteiger partial charge in [-0.3, -0.25) is 4.79 Å². The number of hydrogen-bond donors (Lipinski definition) is 0. The Kier molecular flexibility index (Phi) is 4.63. The lowest BCUT2D eigenvalue weighted by atomic mass is 10.1. The van der Waals surface area contributed by atoms with E-state index in [2.05, 4.69) is 11.2 Å². The van der Waals surface area contributed by atoms with Crippen LogP contribution in [0.25, 0.3) is 17.3 Å². The normalized spacial score (nSPS) is 11.5. The molecule has 2 aromatic carbocycles. The molecule has 1 heterocycles. The van der Waals surface area contributed by atoms with Crippen LogP contribution in [0.5, 0.6) is 0 Å². The zero-order chi connectivity index (χ0) is 17.1. The number of carbonyl (C=O) groups is 1. The van der Waals surface area contributed by atoms with Crippen LogP contribution in [0.3, 0.4) is 0 Å². The lowest BCUT2D eigenvalue weighted by molar-refractivity contribution is 0.107. The molecule has 0 amide bonds. The van der Waals surface area contributed by atoms with Gasteiger partial charge in [-0.2, -0.15) is 5.10 Å². The van der Waals surface area contributed by atoms with E-state index in [0.29, 0.717) is 0 Å². The van der Waals surface area contributed by atoms with Gasteiger partial charge in [0.1, 0.15) is 5.69 Å². The first-order chi connectivity index (χ1) is 11.6. The van der Waals surface area contributed by atoms with Crippen molar-refractivity contribution in [2.75, 3.05) is 0 Å². The van der Waals surface area contributed by atoms with Crippen LogP contribution in [0.2, 0.25) is 0 Å². The van der Waals surface area contributed by atoms with Crippen molar-refractivity contribution >= 4 is 28.5 Å². The van der Waals surface area contributed by atoms with Crippen molar-refractivity contribution in [1.29, 1.82) is 0 Å².